The fraction of sp³-hybridized carbons (Fsp3) is 0.429. The number of aromatic nitrogens is 3. The molecule has 2 aliphatic heterocycles. The molecule has 12 heteroatoms. The number of rotatable bonds is 3. The van der Waals surface area contributed by atoms with Crippen LogP contribution in [0.15, 0.2) is 36.7 Å². The van der Waals surface area contributed by atoms with Gasteiger partial charge in [-0.3, -0.25) is 20.7 Å². The molecule has 2 saturated heterocycles. The van der Waals surface area contributed by atoms with Crippen LogP contribution in [0.1, 0.15) is 44.7 Å². The zero-order valence-electron chi connectivity index (χ0n) is 23.2. The summed E-state index contributed by atoms with van der Waals surface area (Å²) in [5.41, 5.74) is 10.3. The summed E-state index contributed by atoms with van der Waals surface area (Å²) in [6.07, 6.45) is 4.78. The molecule has 40 heavy (non-hydrogen) atoms. The second-order valence-corrected chi connectivity index (χ2v) is 12.4. The molecule has 3 aromatic rings. The number of nitrogens with one attached hydrogen (secondary N) is 2. The number of carbonyl (C=O) groups is 1. The van der Waals surface area contributed by atoms with Crippen molar-refractivity contribution in [1.29, 1.82) is 10.7 Å². The minimum Gasteiger partial charge on any atom is -0.444 e. The largest absolute Gasteiger partial charge is 0.444 e. The van der Waals surface area contributed by atoms with Crippen molar-refractivity contribution < 1.29 is 14.1 Å². The number of thioether (sulfide) groups is 1. The summed E-state index contributed by atoms with van der Waals surface area (Å²) >= 11 is 1.23. The van der Waals surface area contributed by atoms with Crippen molar-refractivity contribution in [2.75, 3.05) is 38.5 Å². The monoisotopic (exact) mass is 560 g/mol. The third-order valence-corrected chi connectivity index (χ3v) is 8.25. The number of hydrogen-bond acceptors (Lipinski definition) is 8. The number of nitrogens with zero attached hydrogens (tertiary/aromatic N) is 6. The lowest BCUT2D eigenvalue weighted by molar-refractivity contribution is -0.628. The molecular formula is C28H34N9O2S+. The lowest BCUT2D eigenvalue weighted by atomic mass is 9.73. The molecule has 0 unspecified atom stereocenters. The number of nitriles is 1. The average molecular weight is 561 g/mol. The Hall–Kier alpha value is -4.11. The maximum Gasteiger partial charge on any atom is 0.410 e. The first-order chi connectivity index (χ1) is 19.0. The highest BCUT2D eigenvalue weighted by molar-refractivity contribution is 8.26. The normalized spacial score (nSPS) is 16.4. The van der Waals surface area contributed by atoms with Gasteiger partial charge in [0.05, 0.1) is 41.8 Å². The number of carbonyl (C=O) groups excluding carboxylic acids is 1. The van der Waals surface area contributed by atoms with E-state index in [1.165, 1.54) is 18.0 Å². The van der Waals surface area contributed by atoms with E-state index in [9.17, 15) is 4.79 Å². The molecule has 5 heterocycles. The van der Waals surface area contributed by atoms with Crippen LogP contribution in [0, 0.1) is 22.2 Å². The van der Waals surface area contributed by atoms with E-state index in [1.54, 1.807) is 21.7 Å². The van der Waals surface area contributed by atoms with Gasteiger partial charge in [-0.2, -0.15) is 10.4 Å². The molecule has 208 valence electrons. The molecule has 11 nitrogen and oxygen atoms in total. The summed E-state index contributed by atoms with van der Waals surface area (Å²) < 4.78 is 9.37. The SMILES string of the molecule is CNc1cc(-c2ccc3cc(C#N)cnn23)ncc1C(=N)SC(N)=[N+]1CC2(CCN(C(=O)OC(C)(C)C)CC2)C1. The Morgan fingerprint density at radius 2 is 1.98 bits per heavy atom. The second-order valence-electron chi connectivity index (χ2n) is 11.4. The molecule has 2 aliphatic rings. The van der Waals surface area contributed by atoms with Crippen LogP contribution in [-0.2, 0) is 4.74 Å². The quantitative estimate of drug-likeness (QED) is 0.249. The molecule has 0 aliphatic carbocycles. The summed E-state index contributed by atoms with van der Waals surface area (Å²) in [5.74, 6) is 0. The number of amides is 1. The Morgan fingerprint density at radius 3 is 2.62 bits per heavy atom. The zero-order chi connectivity index (χ0) is 28.7. The molecule has 0 saturated carbocycles. The van der Waals surface area contributed by atoms with Crippen molar-refractivity contribution in [3.63, 3.8) is 0 Å². The van der Waals surface area contributed by atoms with Gasteiger partial charge in [-0.05, 0) is 57.9 Å². The summed E-state index contributed by atoms with van der Waals surface area (Å²) in [7, 11) is 1.81. The van der Waals surface area contributed by atoms with Gasteiger partial charge in [0.1, 0.15) is 16.7 Å². The summed E-state index contributed by atoms with van der Waals surface area (Å²) in [5, 5.41) is 26.3. The molecule has 0 bridgehead atoms. The van der Waals surface area contributed by atoms with Crippen LogP contribution in [0.2, 0.25) is 0 Å². The van der Waals surface area contributed by atoms with E-state index in [0.29, 0.717) is 40.1 Å². The molecule has 5 rings (SSSR count). The molecule has 0 atom stereocenters. The van der Waals surface area contributed by atoms with Crippen LogP contribution >= 0.6 is 11.8 Å². The van der Waals surface area contributed by atoms with Gasteiger partial charge in [-0.25, -0.2) is 9.31 Å². The topological polar surface area (TPSA) is 148 Å². The van der Waals surface area contributed by atoms with Crippen molar-refractivity contribution in [3.05, 3.63) is 47.8 Å². The summed E-state index contributed by atoms with van der Waals surface area (Å²) in [6, 6.07) is 9.58. The van der Waals surface area contributed by atoms with Gasteiger partial charge >= 0.3 is 11.3 Å². The third-order valence-electron chi connectivity index (χ3n) is 7.36. The molecule has 1 spiro atoms. The highest BCUT2D eigenvalue weighted by Crippen LogP contribution is 2.39. The van der Waals surface area contributed by atoms with Crippen molar-refractivity contribution in [2.24, 2.45) is 11.1 Å². The van der Waals surface area contributed by atoms with E-state index in [-0.39, 0.29) is 11.5 Å². The number of likely N-dealkylation sites (tertiary alicyclic amines) is 1. The average Bonchev–Trinajstić information content (AvgIpc) is 3.33. The van der Waals surface area contributed by atoms with Crippen LogP contribution in [-0.4, -0.2) is 79.2 Å². The van der Waals surface area contributed by atoms with Crippen LogP contribution in [0.5, 0.6) is 0 Å². The van der Waals surface area contributed by atoms with E-state index in [1.807, 2.05) is 46.0 Å². The minimum absolute atomic E-state index is 0.146. The fourth-order valence-electron chi connectivity index (χ4n) is 5.19. The maximum absolute atomic E-state index is 12.4. The highest BCUT2D eigenvalue weighted by atomic mass is 32.2. The Bertz CT molecular complexity index is 1550. The maximum atomic E-state index is 12.4. The lowest BCUT2D eigenvalue weighted by Gasteiger charge is -2.47. The number of anilines is 1. The number of hydrogen-bond donors (Lipinski definition) is 3. The van der Waals surface area contributed by atoms with Gasteiger partial charge in [0.25, 0.3) is 0 Å². The number of ether oxygens (including phenoxy) is 1. The Morgan fingerprint density at radius 1 is 1.25 bits per heavy atom. The first-order valence-electron chi connectivity index (χ1n) is 13.2. The van der Waals surface area contributed by atoms with E-state index in [4.69, 9.17) is 21.1 Å². The number of amidine groups is 1. The number of fused-ring (bicyclic) bond motifs is 1. The standard InChI is InChI=1S/C28H33N9O2S/c1-27(2,3)39-26(38)35-9-7-28(8-10-35)16-36(17-28)25(31)40-24(30)20-15-33-22(12-21(20)32-4)23-6-5-19-11-18(13-29)14-34-37(19)23/h5-6,11-12,14-15,31H,7-10,16-17H2,1-4H3,(H2,30,32,33)/p+1. The van der Waals surface area contributed by atoms with Crippen LogP contribution in [0.4, 0.5) is 10.5 Å². The first-order valence-corrected chi connectivity index (χ1v) is 14.0. The molecular weight excluding hydrogens is 526 g/mol. The molecule has 0 aromatic carbocycles. The molecule has 1 amide bonds. The van der Waals surface area contributed by atoms with E-state index < -0.39 is 5.60 Å². The Balaban J connectivity index is 1.23. The van der Waals surface area contributed by atoms with Gasteiger partial charge in [0, 0.05) is 54.8 Å². The van der Waals surface area contributed by atoms with Gasteiger partial charge in [-0.1, -0.05) is 0 Å². The summed E-state index contributed by atoms with van der Waals surface area (Å²) in [6.45, 7) is 8.64. The Kier molecular flexibility index (Phi) is 7.18. The van der Waals surface area contributed by atoms with E-state index >= 15 is 0 Å². The fourth-order valence-corrected chi connectivity index (χ4v) is 5.93. The van der Waals surface area contributed by atoms with E-state index in [2.05, 4.69) is 26.0 Å². The highest BCUT2D eigenvalue weighted by Gasteiger charge is 2.48. The Labute approximate surface area is 237 Å². The smallest absolute Gasteiger partial charge is 0.410 e. The van der Waals surface area contributed by atoms with Crippen molar-refractivity contribution in [1.82, 2.24) is 19.5 Å². The summed E-state index contributed by atoms with van der Waals surface area (Å²) in [4.78, 5) is 18.8. The van der Waals surface area contributed by atoms with Crippen molar-refractivity contribution in [2.45, 2.75) is 39.2 Å². The number of pyridine rings is 1. The predicted molar refractivity (Wildman–Crippen MR) is 156 cm³/mol. The minimum atomic E-state index is -0.495. The molecule has 0 radical (unpaired) electrons. The lowest BCUT2D eigenvalue weighted by Crippen LogP contribution is -2.59. The molecule has 3 aromatic heterocycles. The van der Waals surface area contributed by atoms with Gasteiger partial charge < -0.3 is 15.0 Å². The van der Waals surface area contributed by atoms with E-state index in [0.717, 1.165) is 42.8 Å². The van der Waals surface area contributed by atoms with Gasteiger partial charge in [0.2, 0.25) is 0 Å². The second kappa shape index (κ2) is 10.5. The van der Waals surface area contributed by atoms with Crippen LogP contribution < -0.4 is 11.1 Å². The van der Waals surface area contributed by atoms with Crippen molar-refractivity contribution >= 4 is 39.3 Å². The zero-order valence-corrected chi connectivity index (χ0v) is 24.0. The number of nitrogens with two attached hydrogens (primary N) is 1. The molecule has 4 N–H and O–H groups in total. The van der Waals surface area contributed by atoms with Crippen molar-refractivity contribution in [3.8, 4) is 17.5 Å². The van der Waals surface area contributed by atoms with Gasteiger partial charge in [0.15, 0.2) is 0 Å². The first kappa shape index (κ1) is 27.5. The van der Waals surface area contributed by atoms with Gasteiger partial charge in [-0.15, -0.1) is 0 Å². The van der Waals surface area contributed by atoms with Crippen LogP contribution in [0.3, 0.4) is 0 Å². The van der Waals surface area contributed by atoms with Crippen LogP contribution in [0.25, 0.3) is 16.9 Å². The third kappa shape index (κ3) is 5.47. The number of piperidine rings is 1. The predicted octanol–water partition coefficient (Wildman–Crippen LogP) is 3.73. The molecule has 2 fully saturated rings.